The summed E-state index contributed by atoms with van der Waals surface area (Å²) in [6.07, 6.45) is -0.566. The van der Waals surface area contributed by atoms with Crippen LogP contribution in [0.25, 0.3) is 0 Å². The minimum atomic E-state index is -0.566. The average Bonchev–Trinajstić information content (AvgIpc) is 2.69. The molecule has 5 nitrogen and oxygen atoms in total. The molecule has 2 aromatic carbocycles. The average molecular weight is 358 g/mol. The quantitative estimate of drug-likeness (QED) is 0.910. The molecule has 0 spiro atoms. The van der Waals surface area contributed by atoms with E-state index in [1.807, 2.05) is 30.3 Å². The fourth-order valence-corrected chi connectivity index (χ4v) is 3.46. The molecule has 4 rings (SSSR count). The van der Waals surface area contributed by atoms with Crippen molar-refractivity contribution in [3.05, 3.63) is 53.8 Å². The number of fused-ring (bicyclic) bond motifs is 1. The zero-order chi connectivity index (χ0) is 17.9. The lowest BCUT2D eigenvalue weighted by molar-refractivity contribution is 0.108. The highest BCUT2D eigenvalue weighted by Gasteiger charge is 2.21. The van der Waals surface area contributed by atoms with Gasteiger partial charge in [-0.2, -0.15) is 0 Å². The van der Waals surface area contributed by atoms with E-state index in [2.05, 4.69) is 9.80 Å². The monoisotopic (exact) mass is 358 g/mol. The standard InChI is InChI=1S/C20H23FN2O3/c21-16-2-4-17(5-3-16)23-9-7-22(8-10-23)14-18(24)15-1-6-19-20(13-15)26-12-11-25-19/h1-6,13,18,24H,7-12,14H2. The van der Waals surface area contributed by atoms with Crippen LogP contribution in [0.1, 0.15) is 11.7 Å². The Morgan fingerprint density at radius 1 is 0.923 bits per heavy atom. The molecule has 1 atom stereocenters. The number of anilines is 1. The van der Waals surface area contributed by atoms with E-state index in [1.54, 1.807) is 0 Å². The maximum Gasteiger partial charge on any atom is 0.161 e. The Kier molecular flexibility index (Phi) is 4.95. The van der Waals surface area contributed by atoms with Crippen LogP contribution < -0.4 is 14.4 Å². The highest BCUT2D eigenvalue weighted by atomic mass is 19.1. The van der Waals surface area contributed by atoms with Gasteiger partial charge in [-0.1, -0.05) is 6.07 Å². The van der Waals surface area contributed by atoms with E-state index < -0.39 is 6.10 Å². The Morgan fingerprint density at radius 3 is 2.35 bits per heavy atom. The Labute approximate surface area is 152 Å². The van der Waals surface area contributed by atoms with Crippen LogP contribution in [0.5, 0.6) is 11.5 Å². The molecule has 2 aliphatic heterocycles. The number of hydrogen-bond donors (Lipinski definition) is 1. The minimum Gasteiger partial charge on any atom is -0.486 e. The third-order valence-corrected chi connectivity index (χ3v) is 4.95. The molecule has 1 fully saturated rings. The molecule has 0 amide bonds. The summed E-state index contributed by atoms with van der Waals surface area (Å²) in [5.41, 5.74) is 1.88. The number of nitrogens with zero attached hydrogens (tertiary/aromatic N) is 2. The van der Waals surface area contributed by atoms with Crippen molar-refractivity contribution in [2.75, 3.05) is 50.8 Å². The number of β-amino-alcohol motifs (C(OH)–C–C–N with tert-alkyl or cyclic N) is 1. The van der Waals surface area contributed by atoms with Gasteiger partial charge < -0.3 is 19.5 Å². The summed E-state index contributed by atoms with van der Waals surface area (Å²) in [6, 6.07) is 12.2. The first-order valence-corrected chi connectivity index (χ1v) is 8.99. The lowest BCUT2D eigenvalue weighted by atomic mass is 10.1. The Hall–Kier alpha value is -2.31. The summed E-state index contributed by atoms with van der Waals surface area (Å²) < 4.78 is 24.2. The fraction of sp³-hybridized carbons (Fsp3) is 0.400. The zero-order valence-electron chi connectivity index (χ0n) is 14.6. The number of aliphatic hydroxyl groups excluding tert-OH is 1. The minimum absolute atomic E-state index is 0.213. The van der Waals surface area contributed by atoms with Crippen molar-refractivity contribution in [1.82, 2.24) is 4.90 Å². The second-order valence-electron chi connectivity index (χ2n) is 6.68. The van der Waals surface area contributed by atoms with Crippen molar-refractivity contribution in [1.29, 1.82) is 0 Å². The van der Waals surface area contributed by atoms with E-state index in [-0.39, 0.29) is 5.82 Å². The van der Waals surface area contributed by atoms with E-state index in [0.29, 0.717) is 25.5 Å². The number of rotatable bonds is 4. The normalized spacial score (nSPS) is 18.6. The summed E-state index contributed by atoms with van der Waals surface area (Å²) in [5.74, 6) is 1.23. The third-order valence-electron chi connectivity index (χ3n) is 4.95. The molecule has 0 aliphatic carbocycles. The smallest absolute Gasteiger partial charge is 0.161 e. The van der Waals surface area contributed by atoms with Crippen molar-refractivity contribution >= 4 is 5.69 Å². The van der Waals surface area contributed by atoms with Gasteiger partial charge in [0.2, 0.25) is 0 Å². The van der Waals surface area contributed by atoms with Gasteiger partial charge in [0.25, 0.3) is 0 Å². The van der Waals surface area contributed by atoms with Crippen LogP contribution in [-0.4, -0.2) is 55.9 Å². The van der Waals surface area contributed by atoms with E-state index in [4.69, 9.17) is 9.47 Å². The maximum absolute atomic E-state index is 13.1. The van der Waals surface area contributed by atoms with E-state index in [0.717, 1.165) is 43.2 Å². The van der Waals surface area contributed by atoms with Crippen LogP contribution >= 0.6 is 0 Å². The highest BCUT2D eigenvalue weighted by molar-refractivity contribution is 5.47. The van der Waals surface area contributed by atoms with Crippen LogP contribution in [0.3, 0.4) is 0 Å². The molecule has 0 radical (unpaired) electrons. The summed E-state index contributed by atoms with van der Waals surface area (Å²) in [5, 5.41) is 10.6. The molecular weight excluding hydrogens is 335 g/mol. The number of piperazine rings is 1. The molecule has 2 heterocycles. The molecule has 1 N–H and O–H groups in total. The van der Waals surface area contributed by atoms with E-state index in [9.17, 15) is 9.50 Å². The predicted molar refractivity (Wildman–Crippen MR) is 97.4 cm³/mol. The van der Waals surface area contributed by atoms with Crippen molar-refractivity contribution in [3.63, 3.8) is 0 Å². The van der Waals surface area contributed by atoms with Gasteiger partial charge in [0.1, 0.15) is 19.0 Å². The molecule has 0 bridgehead atoms. The number of aliphatic hydroxyl groups is 1. The fourth-order valence-electron chi connectivity index (χ4n) is 3.46. The molecule has 1 saturated heterocycles. The van der Waals surface area contributed by atoms with Crippen molar-refractivity contribution in [2.45, 2.75) is 6.10 Å². The van der Waals surface area contributed by atoms with Gasteiger partial charge in [-0.05, 0) is 42.0 Å². The summed E-state index contributed by atoms with van der Waals surface area (Å²) in [4.78, 5) is 4.49. The largest absolute Gasteiger partial charge is 0.486 e. The van der Waals surface area contributed by atoms with Gasteiger partial charge in [0, 0.05) is 38.4 Å². The second-order valence-corrected chi connectivity index (χ2v) is 6.68. The topological polar surface area (TPSA) is 45.2 Å². The number of hydrogen-bond acceptors (Lipinski definition) is 5. The van der Waals surface area contributed by atoms with E-state index >= 15 is 0 Å². The lowest BCUT2D eigenvalue weighted by Gasteiger charge is -2.37. The molecule has 0 saturated carbocycles. The SMILES string of the molecule is OC(CN1CCN(c2ccc(F)cc2)CC1)c1ccc2c(c1)OCCO2. The Balaban J connectivity index is 1.33. The van der Waals surface area contributed by atoms with Crippen LogP contribution in [0.2, 0.25) is 0 Å². The molecule has 1 unspecified atom stereocenters. The molecule has 0 aromatic heterocycles. The predicted octanol–water partition coefficient (Wildman–Crippen LogP) is 2.45. The van der Waals surface area contributed by atoms with Gasteiger partial charge >= 0.3 is 0 Å². The van der Waals surface area contributed by atoms with Gasteiger partial charge in [-0.15, -0.1) is 0 Å². The Bertz CT molecular complexity index is 745. The third kappa shape index (κ3) is 3.76. The summed E-state index contributed by atoms with van der Waals surface area (Å²) >= 11 is 0. The van der Waals surface area contributed by atoms with Gasteiger partial charge in [0.05, 0.1) is 6.10 Å². The summed E-state index contributed by atoms with van der Waals surface area (Å²) in [6.45, 7) is 5.12. The van der Waals surface area contributed by atoms with Crippen LogP contribution in [0.4, 0.5) is 10.1 Å². The zero-order valence-corrected chi connectivity index (χ0v) is 14.6. The molecule has 6 heteroatoms. The molecule has 138 valence electrons. The molecular formula is C20H23FN2O3. The van der Waals surface area contributed by atoms with Gasteiger partial charge in [0.15, 0.2) is 11.5 Å². The molecule has 2 aromatic rings. The highest BCUT2D eigenvalue weighted by Crippen LogP contribution is 2.33. The van der Waals surface area contributed by atoms with Crippen molar-refractivity contribution < 1.29 is 19.0 Å². The van der Waals surface area contributed by atoms with Crippen molar-refractivity contribution in [3.8, 4) is 11.5 Å². The number of ether oxygens (including phenoxy) is 2. The number of halogens is 1. The Morgan fingerprint density at radius 2 is 1.62 bits per heavy atom. The van der Waals surface area contributed by atoms with Gasteiger partial charge in [-0.3, -0.25) is 4.90 Å². The summed E-state index contributed by atoms with van der Waals surface area (Å²) in [7, 11) is 0. The molecule has 26 heavy (non-hydrogen) atoms. The first kappa shape index (κ1) is 17.1. The lowest BCUT2D eigenvalue weighted by Crippen LogP contribution is -2.47. The van der Waals surface area contributed by atoms with Crippen LogP contribution in [0, 0.1) is 5.82 Å². The van der Waals surface area contributed by atoms with Crippen LogP contribution in [-0.2, 0) is 0 Å². The maximum atomic E-state index is 13.1. The van der Waals surface area contributed by atoms with Crippen molar-refractivity contribution in [2.24, 2.45) is 0 Å². The first-order chi connectivity index (χ1) is 12.7. The molecule has 2 aliphatic rings. The van der Waals surface area contributed by atoms with Gasteiger partial charge in [-0.25, -0.2) is 4.39 Å². The first-order valence-electron chi connectivity index (χ1n) is 8.99. The van der Waals surface area contributed by atoms with E-state index in [1.165, 1.54) is 12.1 Å². The van der Waals surface area contributed by atoms with Crippen LogP contribution in [0.15, 0.2) is 42.5 Å². The second kappa shape index (κ2) is 7.51. The number of benzene rings is 2.